The quantitative estimate of drug-likeness (QED) is 0.838. The second kappa shape index (κ2) is 8.41. The number of amides is 1. The Labute approximate surface area is 170 Å². The van der Waals surface area contributed by atoms with Gasteiger partial charge in [-0.2, -0.15) is 0 Å². The summed E-state index contributed by atoms with van der Waals surface area (Å²) in [5.74, 6) is 0.473. The maximum Gasteiger partial charge on any atom is 0.241 e. The molecule has 0 spiro atoms. The van der Waals surface area contributed by atoms with E-state index in [4.69, 9.17) is 0 Å². The Morgan fingerprint density at radius 2 is 1.93 bits per heavy atom. The van der Waals surface area contributed by atoms with E-state index in [1.807, 2.05) is 40.9 Å². The molecule has 1 atom stereocenters. The van der Waals surface area contributed by atoms with E-state index in [2.05, 4.69) is 30.0 Å². The Bertz CT molecular complexity index is 878. The Morgan fingerprint density at radius 1 is 1.14 bits per heavy atom. The van der Waals surface area contributed by atoms with Gasteiger partial charge in [-0.15, -0.1) is 11.8 Å². The third-order valence-corrected chi connectivity index (χ3v) is 6.67. The molecule has 0 bridgehead atoms. The molecule has 0 aliphatic carbocycles. The molecule has 0 radical (unpaired) electrons. The highest BCUT2D eigenvalue weighted by molar-refractivity contribution is 8.00. The van der Waals surface area contributed by atoms with Crippen LogP contribution in [0.5, 0.6) is 5.75 Å². The highest BCUT2D eigenvalue weighted by Gasteiger charge is 2.26. The molecule has 1 unspecified atom stereocenters. The van der Waals surface area contributed by atoms with Crippen LogP contribution in [0.15, 0.2) is 59.5 Å². The van der Waals surface area contributed by atoms with Crippen molar-refractivity contribution in [3.05, 3.63) is 60.2 Å². The smallest absolute Gasteiger partial charge is 0.241 e. The number of carbonyl (C=O) groups excluding carboxylic acids is 1. The summed E-state index contributed by atoms with van der Waals surface area (Å²) in [6, 6.07) is 15.6. The second-order valence-corrected chi connectivity index (χ2v) is 8.97. The average Bonchev–Trinajstić information content (AvgIpc) is 2.87. The Morgan fingerprint density at radius 3 is 2.68 bits per heavy atom. The van der Waals surface area contributed by atoms with Gasteiger partial charge in [0.05, 0.1) is 12.2 Å². The number of thioether (sulfide) groups is 1. The molecular weight excluding hydrogens is 368 g/mol. The van der Waals surface area contributed by atoms with Crippen molar-refractivity contribution in [3.63, 3.8) is 0 Å². The Balaban J connectivity index is 1.43. The molecule has 5 heteroatoms. The van der Waals surface area contributed by atoms with Crippen molar-refractivity contribution in [2.45, 2.75) is 29.9 Å². The lowest BCUT2D eigenvalue weighted by Crippen LogP contribution is -2.42. The van der Waals surface area contributed by atoms with Crippen molar-refractivity contribution < 1.29 is 9.90 Å². The molecule has 2 aromatic rings. The van der Waals surface area contributed by atoms with Crippen molar-refractivity contribution in [1.29, 1.82) is 0 Å². The van der Waals surface area contributed by atoms with Crippen LogP contribution in [-0.4, -0.2) is 47.3 Å². The van der Waals surface area contributed by atoms with Crippen LogP contribution in [-0.2, 0) is 4.79 Å². The van der Waals surface area contributed by atoms with E-state index in [9.17, 15) is 9.90 Å². The minimum absolute atomic E-state index is 0.184. The zero-order valence-electron chi connectivity index (χ0n) is 16.2. The van der Waals surface area contributed by atoms with Crippen LogP contribution < -0.4 is 4.90 Å². The molecule has 4 nitrogen and oxygen atoms in total. The summed E-state index contributed by atoms with van der Waals surface area (Å²) in [6.45, 7) is 5.12. The molecule has 0 fully saturated rings. The lowest BCUT2D eigenvalue weighted by Gasteiger charge is -2.29. The topological polar surface area (TPSA) is 43.8 Å². The molecule has 2 aliphatic heterocycles. The number of hydrogen-bond donors (Lipinski definition) is 1. The standard InChI is InChI=1S/C23H26N2O2S/c1-17-10-15-25(21-4-2-3-5-22(21)28-17)23(27)16-24-13-11-19(12-14-24)18-6-8-20(26)9-7-18/h2-9,11,17,26H,10,12-16H2,1H3. The van der Waals surface area contributed by atoms with Gasteiger partial charge < -0.3 is 10.0 Å². The van der Waals surface area contributed by atoms with Gasteiger partial charge in [0, 0.05) is 29.8 Å². The van der Waals surface area contributed by atoms with Crippen LogP contribution in [0.3, 0.4) is 0 Å². The van der Waals surface area contributed by atoms with Gasteiger partial charge in [0.25, 0.3) is 0 Å². The van der Waals surface area contributed by atoms with Crippen molar-refractivity contribution in [2.24, 2.45) is 0 Å². The van der Waals surface area contributed by atoms with Crippen LogP contribution >= 0.6 is 11.8 Å². The van der Waals surface area contributed by atoms with Crippen molar-refractivity contribution in [1.82, 2.24) is 4.90 Å². The number of phenolic OH excluding ortho intramolecular Hbond substituents is 1. The molecule has 146 valence electrons. The molecule has 2 aromatic carbocycles. The summed E-state index contributed by atoms with van der Waals surface area (Å²) in [5.41, 5.74) is 3.49. The van der Waals surface area contributed by atoms with E-state index < -0.39 is 0 Å². The first-order valence-electron chi connectivity index (χ1n) is 9.87. The number of anilines is 1. The maximum absolute atomic E-state index is 13.1. The molecule has 2 heterocycles. The number of aromatic hydroxyl groups is 1. The first-order valence-corrected chi connectivity index (χ1v) is 10.7. The highest BCUT2D eigenvalue weighted by Crippen LogP contribution is 2.37. The number of fused-ring (bicyclic) bond motifs is 1. The van der Waals surface area contributed by atoms with Crippen LogP contribution in [0.1, 0.15) is 25.3 Å². The number of phenols is 1. The van der Waals surface area contributed by atoms with Crippen molar-refractivity contribution >= 4 is 28.9 Å². The van der Waals surface area contributed by atoms with E-state index in [0.717, 1.165) is 43.7 Å². The van der Waals surface area contributed by atoms with Crippen LogP contribution in [0.4, 0.5) is 5.69 Å². The molecule has 0 saturated carbocycles. The fourth-order valence-corrected chi connectivity index (χ4v) is 4.93. The van der Waals surface area contributed by atoms with Crippen LogP contribution in [0.2, 0.25) is 0 Å². The summed E-state index contributed by atoms with van der Waals surface area (Å²) < 4.78 is 0. The first kappa shape index (κ1) is 19.1. The largest absolute Gasteiger partial charge is 0.508 e. The molecular formula is C23H26N2O2S. The third kappa shape index (κ3) is 4.26. The SMILES string of the molecule is CC1CCN(C(=O)CN2CC=C(c3ccc(O)cc3)CC2)c2ccccc2S1. The first-order chi connectivity index (χ1) is 13.6. The van der Waals surface area contributed by atoms with Gasteiger partial charge in [0.1, 0.15) is 5.75 Å². The monoisotopic (exact) mass is 394 g/mol. The normalized spacial score (nSPS) is 20.2. The molecule has 1 N–H and O–H groups in total. The number of nitrogens with zero attached hydrogens (tertiary/aromatic N) is 2. The number of carbonyl (C=O) groups is 1. The van der Waals surface area contributed by atoms with Gasteiger partial charge in [-0.1, -0.05) is 37.3 Å². The lowest BCUT2D eigenvalue weighted by atomic mass is 9.99. The minimum Gasteiger partial charge on any atom is -0.508 e. The predicted octanol–water partition coefficient (Wildman–Crippen LogP) is 4.40. The molecule has 1 amide bonds. The number of hydrogen-bond acceptors (Lipinski definition) is 4. The van der Waals surface area contributed by atoms with E-state index in [0.29, 0.717) is 11.8 Å². The summed E-state index contributed by atoms with van der Waals surface area (Å²) in [5, 5.41) is 9.97. The van der Waals surface area contributed by atoms with Crippen molar-refractivity contribution in [2.75, 3.05) is 31.1 Å². The van der Waals surface area contributed by atoms with Crippen LogP contribution in [0.25, 0.3) is 5.57 Å². The average molecular weight is 395 g/mol. The van der Waals surface area contributed by atoms with Gasteiger partial charge in [-0.05, 0) is 48.2 Å². The van der Waals surface area contributed by atoms with Gasteiger partial charge in [0.2, 0.25) is 5.91 Å². The molecule has 4 rings (SSSR count). The third-order valence-electron chi connectivity index (χ3n) is 5.43. The highest BCUT2D eigenvalue weighted by atomic mass is 32.2. The van der Waals surface area contributed by atoms with E-state index in [-0.39, 0.29) is 11.7 Å². The number of para-hydroxylation sites is 1. The molecule has 0 saturated heterocycles. The predicted molar refractivity (Wildman–Crippen MR) is 116 cm³/mol. The zero-order chi connectivity index (χ0) is 19.5. The van der Waals surface area contributed by atoms with E-state index in [1.54, 1.807) is 12.1 Å². The van der Waals surface area contributed by atoms with Gasteiger partial charge in [0.15, 0.2) is 0 Å². The number of rotatable bonds is 3. The van der Waals surface area contributed by atoms with E-state index >= 15 is 0 Å². The second-order valence-electron chi connectivity index (χ2n) is 7.49. The Hall–Kier alpha value is -2.24. The van der Waals surface area contributed by atoms with Gasteiger partial charge >= 0.3 is 0 Å². The zero-order valence-corrected chi connectivity index (χ0v) is 17.0. The van der Waals surface area contributed by atoms with Crippen LogP contribution in [0, 0.1) is 0 Å². The van der Waals surface area contributed by atoms with Crippen molar-refractivity contribution in [3.8, 4) is 5.75 Å². The molecule has 28 heavy (non-hydrogen) atoms. The number of benzene rings is 2. The van der Waals surface area contributed by atoms with Gasteiger partial charge in [-0.25, -0.2) is 0 Å². The molecule has 0 aromatic heterocycles. The fraction of sp³-hybridized carbons (Fsp3) is 0.348. The lowest BCUT2D eigenvalue weighted by molar-refractivity contribution is -0.119. The summed E-state index contributed by atoms with van der Waals surface area (Å²) in [6.07, 6.45) is 4.13. The summed E-state index contributed by atoms with van der Waals surface area (Å²) in [4.78, 5) is 18.5. The maximum atomic E-state index is 13.1. The van der Waals surface area contributed by atoms with Gasteiger partial charge in [-0.3, -0.25) is 9.69 Å². The molecule has 2 aliphatic rings. The fourth-order valence-electron chi connectivity index (χ4n) is 3.82. The minimum atomic E-state index is 0.184. The van der Waals surface area contributed by atoms with E-state index in [1.165, 1.54) is 10.5 Å². The summed E-state index contributed by atoms with van der Waals surface area (Å²) in [7, 11) is 0. The Kier molecular flexibility index (Phi) is 5.74. The summed E-state index contributed by atoms with van der Waals surface area (Å²) >= 11 is 1.86.